The second kappa shape index (κ2) is 10.4. The van der Waals surface area contributed by atoms with Crippen LogP contribution in [0, 0.1) is 5.92 Å². The SMILES string of the molecule is COc1cc(/C=C/C(=O)N[C@@H]2CC[C@]3(CO3)[C@@H]([C@]3(C)O[C@@H]3CC=C(C)C)[C@@H]2OC)cc(OC)c1OC. The summed E-state index contributed by atoms with van der Waals surface area (Å²) in [5.74, 6) is 1.42. The molecular weight excluding hydrogens is 462 g/mol. The van der Waals surface area contributed by atoms with E-state index in [4.69, 9.17) is 28.4 Å². The van der Waals surface area contributed by atoms with Gasteiger partial charge in [0.2, 0.25) is 11.7 Å². The number of benzene rings is 1. The van der Waals surface area contributed by atoms with E-state index in [2.05, 4.69) is 32.2 Å². The molecule has 36 heavy (non-hydrogen) atoms. The first-order valence-corrected chi connectivity index (χ1v) is 12.5. The Kier molecular flexibility index (Phi) is 7.69. The van der Waals surface area contributed by atoms with Crippen molar-refractivity contribution in [2.24, 2.45) is 5.92 Å². The standard InChI is InChI=1S/C28H39NO7/c1-17(2)8-10-22-27(3,36-22)26-24(33-6)19(12-13-28(26)16-35-28)29-23(30)11-9-18-14-20(31-4)25(34-7)21(15-18)32-5/h8-9,11,14-15,19,22,24,26H,10,12-13,16H2,1-7H3,(H,29,30)/b11-9+/t19-,22-,24-,26-,27-,28+/m1/s1. The first-order chi connectivity index (χ1) is 17.2. The quantitative estimate of drug-likeness (QED) is 0.295. The Hall–Kier alpha value is -2.55. The number of ether oxygens (including phenoxy) is 6. The van der Waals surface area contributed by atoms with Gasteiger partial charge in [0.1, 0.15) is 5.60 Å². The number of hydrogen-bond acceptors (Lipinski definition) is 7. The number of carbonyl (C=O) groups is 1. The van der Waals surface area contributed by atoms with Gasteiger partial charge in [0.15, 0.2) is 11.5 Å². The Morgan fingerprint density at radius 3 is 2.33 bits per heavy atom. The molecule has 0 aromatic heterocycles. The van der Waals surface area contributed by atoms with Crippen molar-refractivity contribution in [1.82, 2.24) is 5.32 Å². The van der Waals surface area contributed by atoms with E-state index in [0.717, 1.165) is 24.8 Å². The molecule has 198 valence electrons. The molecule has 2 heterocycles. The molecule has 1 N–H and O–H groups in total. The third kappa shape index (κ3) is 5.12. The maximum absolute atomic E-state index is 13.0. The van der Waals surface area contributed by atoms with E-state index in [1.54, 1.807) is 46.6 Å². The van der Waals surface area contributed by atoms with Gasteiger partial charge in [-0.25, -0.2) is 0 Å². The molecule has 1 spiro atoms. The van der Waals surface area contributed by atoms with Gasteiger partial charge in [0.25, 0.3) is 0 Å². The molecule has 0 bridgehead atoms. The summed E-state index contributed by atoms with van der Waals surface area (Å²) in [4.78, 5) is 13.0. The molecule has 2 aliphatic heterocycles. The second-order valence-corrected chi connectivity index (χ2v) is 10.3. The number of epoxide rings is 2. The molecule has 6 atom stereocenters. The molecule has 1 amide bonds. The fourth-order valence-corrected chi connectivity index (χ4v) is 5.74. The molecule has 0 radical (unpaired) electrons. The zero-order valence-electron chi connectivity index (χ0n) is 22.4. The lowest BCUT2D eigenvalue weighted by molar-refractivity contribution is -0.121. The van der Waals surface area contributed by atoms with E-state index in [0.29, 0.717) is 23.9 Å². The summed E-state index contributed by atoms with van der Waals surface area (Å²) in [6.45, 7) is 7.07. The molecule has 8 nitrogen and oxygen atoms in total. The Labute approximate surface area is 213 Å². The van der Waals surface area contributed by atoms with Crippen LogP contribution >= 0.6 is 0 Å². The van der Waals surface area contributed by atoms with Crippen LogP contribution in [0.5, 0.6) is 17.2 Å². The molecule has 8 heteroatoms. The molecule has 1 aromatic rings. The van der Waals surface area contributed by atoms with Gasteiger partial charge < -0.3 is 33.7 Å². The Balaban J connectivity index is 1.47. The summed E-state index contributed by atoms with van der Waals surface area (Å²) in [5, 5.41) is 3.17. The number of hydrogen-bond donors (Lipinski definition) is 1. The molecule has 1 aliphatic carbocycles. The predicted molar refractivity (Wildman–Crippen MR) is 137 cm³/mol. The minimum absolute atomic E-state index is 0.0451. The van der Waals surface area contributed by atoms with Gasteiger partial charge >= 0.3 is 0 Å². The van der Waals surface area contributed by atoms with Crippen molar-refractivity contribution in [3.05, 3.63) is 35.4 Å². The number of nitrogens with one attached hydrogen (secondary N) is 1. The molecule has 4 rings (SSSR count). The van der Waals surface area contributed by atoms with E-state index in [9.17, 15) is 4.79 Å². The smallest absolute Gasteiger partial charge is 0.244 e. The van der Waals surface area contributed by atoms with Crippen molar-refractivity contribution < 1.29 is 33.2 Å². The Morgan fingerprint density at radius 1 is 1.14 bits per heavy atom. The highest BCUT2D eigenvalue weighted by Gasteiger charge is 2.71. The Bertz CT molecular complexity index is 1000. The van der Waals surface area contributed by atoms with Gasteiger partial charge in [0, 0.05) is 19.1 Å². The second-order valence-electron chi connectivity index (χ2n) is 10.3. The van der Waals surface area contributed by atoms with Crippen LogP contribution < -0.4 is 19.5 Å². The molecule has 1 saturated carbocycles. The number of rotatable bonds is 10. The van der Waals surface area contributed by atoms with Crippen molar-refractivity contribution in [3.8, 4) is 17.2 Å². The van der Waals surface area contributed by atoms with Crippen LogP contribution in [0.1, 0.15) is 45.6 Å². The lowest BCUT2D eigenvalue weighted by atomic mass is 9.67. The average molecular weight is 502 g/mol. The van der Waals surface area contributed by atoms with Gasteiger partial charge in [0.05, 0.1) is 51.8 Å². The highest BCUT2D eigenvalue weighted by Crippen LogP contribution is 2.59. The maximum atomic E-state index is 13.0. The van der Waals surface area contributed by atoms with E-state index in [1.807, 2.05) is 0 Å². The summed E-state index contributed by atoms with van der Waals surface area (Å²) in [5.41, 5.74) is 1.48. The molecule has 3 fully saturated rings. The van der Waals surface area contributed by atoms with Crippen LogP contribution in [0.3, 0.4) is 0 Å². The average Bonchev–Trinajstić information content (AvgIpc) is 3.78. The van der Waals surface area contributed by atoms with Crippen molar-refractivity contribution in [1.29, 1.82) is 0 Å². The van der Waals surface area contributed by atoms with Crippen molar-refractivity contribution in [3.63, 3.8) is 0 Å². The maximum Gasteiger partial charge on any atom is 0.244 e. The normalized spacial score (nSPS) is 32.8. The van der Waals surface area contributed by atoms with Crippen molar-refractivity contribution in [2.75, 3.05) is 35.0 Å². The number of methoxy groups -OCH3 is 4. The molecule has 2 saturated heterocycles. The predicted octanol–water partition coefficient (Wildman–Crippen LogP) is 3.92. The number of amides is 1. The van der Waals surface area contributed by atoms with Crippen LogP contribution in [0.2, 0.25) is 0 Å². The fourth-order valence-electron chi connectivity index (χ4n) is 5.74. The highest BCUT2D eigenvalue weighted by molar-refractivity contribution is 5.92. The minimum Gasteiger partial charge on any atom is -0.493 e. The zero-order valence-corrected chi connectivity index (χ0v) is 22.4. The van der Waals surface area contributed by atoms with Crippen LogP contribution in [0.15, 0.2) is 29.9 Å². The summed E-state index contributed by atoms with van der Waals surface area (Å²) in [6.07, 6.45) is 7.92. The fraction of sp³-hybridized carbons (Fsp3) is 0.607. The molecular formula is C28H39NO7. The molecule has 1 aromatic carbocycles. The van der Waals surface area contributed by atoms with Crippen LogP contribution in [-0.4, -0.2) is 70.4 Å². The largest absolute Gasteiger partial charge is 0.493 e. The van der Waals surface area contributed by atoms with E-state index in [1.165, 1.54) is 11.6 Å². The van der Waals surface area contributed by atoms with Gasteiger partial charge in [-0.2, -0.15) is 0 Å². The van der Waals surface area contributed by atoms with Gasteiger partial charge in [-0.3, -0.25) is 4.79 Å². The summed E-state index contributed by atoms with van der Waals surface area (Å²) in [6, 6.07) is 3.45. The van der Waals surface area contributed by atoms with Crippen LogP contribution in [-0.2, 0) is 19.0 Å². The monoisotopic (exact) mass is 501 g/mol. The van der Waals surface area contributed by atoms with Gasteiger partial charge in [-0.15, -0.1) is 0 Å². The van der Waals surface area contributed by atoms with E-state index < -0.39 is 0 Å². The van der Waals surface area contributed by atoms with Gasteiger partial charge in [-0.1, -0.05) is 11.6 Å². The third-order valence-electron chi connectivity index (χ3n) is 7.74. The topological polar surface area (TPSA) is 91.1 Å². The zero-order chi connectivity index (χ0) is 26.1. The van der Waals surface area contributed by atoms with E-state index in [-0.39, 0.29) is 41.3 Å². The summed E-state index contributed by atoms with van der Waals surface area (Å²) < 4.78 is 34.5. The third-order valence-corrected chi connectivity index (χ3v) is 7.74. The van der Waals surface area contributed by atoms with Crippen LogP contribution in [0.25, 0.3) is 6.08 Å². The first-order valence-electron chi connectivity index (χ1n) is 12.5. The minimum atomic E-state index is -0.335. The van der Waals surface area contributed by atoms with Crippen molar-refractivity contribution in [2.45, 2.75) is 69.5 Å². The highest BCUT2D eigenvalue weighted by atomic mass is 16.6. The number of allylic oxidation sites excluding steroid dienone is 1. The van der Waals surface area contributed by atoms with Gasteiger partial charge in [-0.05, 0) is 63.8 Å². The summed E-state index contributed by atoms with van der Waals surface area (Å²) in [7, 11) is 6.39. The lowest BCUT2D eigenvalue weighted by Crippen LogP contribution is -2.59. The first kappa shape index (κ1) is 26.5. The molecule has 0 unspecified atom stereocenters. The number of carbonyl (C=O) groups excluding carboxylic acids is 1. The van der Waals surface area contributed by atoms with Crippen LogP contribution in [0.4, 0.5) is 0 Å². The van der Waals surface area contributed by atoms with E-state index >= 15 is 0 Å². The van der Waals surface area contributed by atoms with Crippen molar-refractivity contribution >= 4 is 12.0 Å². The lowest BCUT2D eigenvalue weighted by Gasteiger charge is -2.43. The Morgan fingerprint density at radius 2 is 1.81 bits per heavy atom. The summed E-state index contributed by atoms with van der Waals surface area (Å²) >= 11 is 0. The molecule has 3 aliphatic rings.